The van der Waals surface area contributed by atoms with Crippen LogP contribution in [0.1, 0.15) is 55.4 Å². The molecule has 0 bridgehead atoms. The third-order valence-electron chi connectivity index (χ3n) is 3.36. The second kappa shape index (κ2) is 5.19. The fourth-order valence-corrected chi connectivity index (χ4v) is 2.31. The summed E-state index contributed by atoms with van der Waals surface area (Å²) in [6, 6.07) is -0.403. The maximum absolute atomic E-state index is 12.4. The summed E-state index contributed by atoms with van der Waals surface area (Å²) in [6.07, 6.45) is -1.13. The number of rotatable bonds is 1. The third-order valence-corrected chi connectivity index (χ3v) is 3.36. The van der Waals surface area contributed by atoms with E-state index < -0.39 is 29.6 Å². The summed E-state index contributed by atoms with van der Waals surface area (Å²) in [5, 5.41) is 10.5. The minimum absolute atomic E-state index is 0.310. The van der Waals surface area contributed by atoms with Crippen LogP contribution in [0.4, 0.5) is 4.79 Å². The Hall–Kier alpha value is -0.810. The first-order valence-corrected chi connectivity index (χ1v) is 7.10. The van der Waals surface area contributed by atoms with Gasteiger partial charge in [0.15, 0.2) is 0 Å². The predicted molar refractivity (Wildman–Crippen MR) is 77.4 cm³/mol. The van der Waals surface area contributed by atoms with Gasteiger partial charge in [0.05, 0.1) is 18.8 Å². The van der Waals surface area contributed by atoms with E-state index in [1.165, 1.54) is 4.90 Å². The molecule has 0 saturated carbocycles. The van der Waals surface area contributed by atoms with Crippen molar-refractivity contribution in [3.63, 3.8) is 0 Å². The minimum atomic E-state index is -0.779. The Morgan fingerprint density at radius 3 is 2.20 bits per heavy atom. The lowest BCUT2D eigenvalue weighted by atomic mass is 9.84. The van der Waals surface area contributed by atoms with Crippen LogP contribution in [0.5, 0.6) is 0 Å². The average Bonchev–Trinajstić information content (AvgIpc) is 2.48. The van der Waals surface area contributed by atoms with Crippen molar-refractivity contribution in [1.29, 1.82) is 0 Å². The summed E-state index contributed by atoms with van der Waals surface area (Å²) in [5.74, 6) is 0. The smallest absolute Gasteiger partial charge is 0.412 e. The molecule has 0 aromatic heterocycles. The molecule has 20 heavy (non-hydrogen) atoms. The van der Waals surface area contributed by atoms with Crippen LogP contribution in [0.15, 0.2) is 0 Å². The molecular formula is C15H29NO4. The maximum Gasteiger partial charge on any atom is 0.412 e. The first kappa shape index (κ1) is 17.2. The molecule has 118 valence electrons. The zero-order chi connectivity index (χ0) is 15.9. The van der Waals surface area contributed by atoms with Gasteiger partial charge in [0.25, 0.3) is 0 Å². The van der Waals surface area contributed by atoms with E-state index in [1.807, 2.05) is 55.4 Å². The van der Waals surface area contributed by atoms with Gasteiger partial charge >= 0.3 is 6.09 Å². The Morgan fingerprint density at radius 2 is 1.80 bits per heavy atom. The van der Waals surface area contributed by atoms with E-state index in [1.54, 1.807) is 0 Å². The van der Waals surface area contributed by atoms with Gasteiger partial charge in [-0.15, -0.1) is 0 Å². The highest BCUT2D eigenvalue weighted by Crippen LogP contribution is 2.35. The molecule has 0 spiro atoms. The van der Waals surface area contributed by atoms with Crippen molar-refractivity contribution in [1.82, 2.24) is 4.90 Å². The summed E-state index contributed by atoms with van der Waals surface area (Å²) in [5.41, 5.74) is -1.69. The monoisotopic (exact) mass is 287 g/mol. The van der Waals surface area contributed by atoms with Gasteiger partial charge in [0.1, 0.15) is 11.3 Å². The molecule has 1 fully saturated rings. The normalized spacial score (nSPS) is 24.6. The van der Waals surface area contributed by atoms with E-state index in [2.05, 4.69) is 0 Å². The summed E-state index contributed by atoms with van der Waals surface area (Å²) < 4.78 is 11.1. The van der Waals surface area contributed by atoms with Gasteiger partial charge in [-0.3, -0.25) is 4.90 Å². The largest absolute Gasteiger partial charge is 0.444 e. The minimum Gasteiger partial charge on any atom is -0.444 e. The summed E-state index contributed by atoms with van der Waals surface area (Å²) in [4.78, 5) is 14.0. The second-order valence-corrected chi connectivity index (χ2v) is 7.99. The summed E-state index contributed by atoms with van der Waals surface area (Å²) in [6.45, 7) is 15.2. The van der Waals surface area contributed by atoms with E-state index >= 15 is 0 Å². The van der Waals surface area contributed by atoms with Gasteiger partial charge in [-0.2, -0.15) is 0 Å². The van der Waals surface area contributed by atoms with Crippen LogP contribution in [0.3, 0.4) is 0 Å². The average molecular weight is 287 g/mol. The van der Waals surface area contributed by atoms with Crippen LogP contribution in [-0.2, 0) is 9.47 Å². The lowest BCUT2D eigenvalue weighted by Crippen LogP contribution is -2.55. The number of aliphatic hydroxyl groups is 1. The van der Waals surface area contributed by atoms with Gasteiger partial charge in [0, 0.05) is 0 Å². The molecule has 0 aromatic carbocycles. The number of hydrogen-bond donors (Lipinski definition) is 1. The van der Waals surface area contributed by atoms with E-state index in [9.17, 15) is 9.90 Å². The number of aliphatic hydroxyl groups excluding tert-OH is 1. The Labute approximate surface area is 122 Å². The molecule has 1 amide bonds. The van der Waals surface area contributed by atoms with Crippen molar-refractivity contribution in [3.05, 3.63) is 0 Å². The Morgan fingerprint density at radius 1 is 1.30 bits per heavy atom. The van der Waals surface area contributed by atoms with Crippen molar-refractivity contribution in [2.24, 2.45) is 5.41 Å². The maximum atomic E-state index is 12.4. The predicted octanol–water partition coefficient (Wildman–Crippen LogP) is 2.77. The van der Waals surface area contributed by atoms with Crippen molar-refractivity contribution in [2.45, 2.75) is 78.9 Å². The van der Waals surface area contributed by atoms with Crippen LogP contribution < -0.4 is 0 Å². The molecule has 1 aliphatic rings. The number of ether oxygens (including phenoxy) is 2. The third kappa shape index (κ3) is 3.85. The molecule has 5 heteroatoms. The number of carbonyl (C=O) groups excluding carboxylic acids is 1. The van der Waals surface area contributed by atoms with Gasteiger partial charge in [0.2, 0.25) is 0 Å². The first-order valence-electron chi connectivity index (χ1n) is 7.10. The Kier molecular flexibility index (Phi) is 4.47. The molecule has 5 nitrogen and oxygen atoms in total. The van der Waals surface area contributed by atoms with Gasteiger partial charge in [-0.05, 0) is 40.0 Å². The van der Waals surface area contributed by atoms with Crippen molar-refractivity contribution in [3.8, 4) is 0 Å². The summed E-state index contributed by atoms with van der Waals surface area (Å²) >= 11 is 0. The molecule has 1 rings (SSSR count). The molecule has 0 radical (unpaired) electrons. The highest BCUT2D eigenvalue weighted by molar-refractivity contribution is 5.70. The SMILES string of the molecule is CC(C)(C)OC(=O)N1C(C(O)C(C)(C)C)COC1(C)C. The standard InChI is InChI=1S/C15H29NO4/c1-13(2,3)11(17)10-9-19-15(7,8)16(10)12(18)20-14(4,5)6/h10-11,17H,9H2,1-8H3. The molecule has 2 atom stereocenters. The van der Waals surface area contributed by atoms with E-state index in [4.69, 9.17) is 9.47 Å². The van der Waals surface area contributed by atoms with Gasteiger partial charge < -0.3 is 14.6 Å². The number of hydrogen-bond acceptors (Lipinski definition) is 4. The van der Waals surface area contributed by atoms with E-state index in [0.717, 1.165) is 0 Å². The van der Waals surface area contributed by atoms with E-state index in [0.29, 0.717) is 6.61 Å². The fourth-order valence-electron chi connectivity index (χ4n) is 2.31. The molecule has 2 unspecified atom stereocenters. The quantitative estimate of drug-likeness (QED) is 0.805. The zero-order valence-corrected chi connectivity index (χ0v) is 14.0. The van der Waals surface area contributed by atoms with Crippen LogP contribution in [0, 0.1) is 5.41 Å². The molecule has 0 aliphatic carbocycles. The lowest BCUT2D eigenvalue weighted by molar-refractivity contribution is -0.0741. The number of amides is 1. The fraction of sp³-hybridized carbons (Fsp3) is 0.933. The molecule has 1 aliphatic heterocycles. The molecule has 1 saturated heterocycles. The summed E-state index contributed by atoms with van der Waals surface area (Å²) in [7, 11) is 0. The van der Waals surface area contributed by atoms with E-state index in [-0.39, 0.29) is 5.41 Å². The zero-order valence-electron chi connectivity index (χ0n) is 14.0. The van der Waals surface area contributed by atoms with Crippen molar-refractivity contribution in [2.75, 3.05) is 6.61 Å². The molecular weight excluding hydrogens is 258 g/mol. The number of carbonyl (C=O) groups is 1. The van der Waals surface area contributed by atoms with Crippen LogP contribution >= 0.6 is 0 Å². The Balaban J connectivity index is 3.00. The molecule has 0 aromatic rings. The van der Waals surface area contributed by atoms with Crippen molar-refractivity contribution >= 4 is 6.09 Å². The molecule has 1 N–H and O–H groups in total. The topological polar surface area (TPSA) is 59.0 Å². The van der Waals surface area contributed by atoms with Crippen molar-refractivity contribution < 1.29 is 19.4 Å². The second-order valence-electron chi connectivity index (χ2n) is 7.99. The lowest BCUT2D eigenvalue weighted by Gasteiger charge is -2.39. The van der Waals surface area contributed by atoms with Crippen LogP contribution in [-0.4, -0.2) is 46.2 Å². The van der Waals surface area contributed by atoms with Crippen LogP contribution in [0.25, 0.3) is 0 Å². The highest BCUT2D eigenvalue weighted by Gasteiger charge is 2.50. The van der Waals surface area contributed by atoms with Crippen LogP contribution in [0.2, 0.25) is 0 Å². The molecule has 1 heterocycles. The van der Waals surface area contributed by atoms with Gasteiger partial charge in [-0.1, -0.05) is 20.8 Å². The first-order chi connectivity index (χ1) is 8.76. The van der Waals surface area contributed by atoms with Gasteiger partial charge in [-0.25, -0.2) is 4.79 Å². The number of nitrogens with zero attached hydrogens (tertiary/aromatic N) is 1. The highest BCUT2D eigenvalue weighted by atomic mass is 16.6. The Bertz CT molecular complexity index is 365.